The lowest BCUT2D eigenvalue weighted by Crippen LogP contribution is -2.47. The Balaban J connectivity index is 5.07. The van der Waals surface area contributed by atoms with Crippen molar-refractivity contribution >= 4 is 19.7 Å². The zero-order valence-electron chi connectivity index (χ0n) is 53.8. The number of nitrogens with zero attached hydrogens (tertiary/aromatic N) is 1. The molecule has 1 amide bonds. The first-order valence-corrected chi connectivity index (χ1v) is 35.4. The number of hydrogen-bond acceptors (Lipinski definition) is 6. The highest BCUT2D eigenvalue weighted by molar-refractivity contribution is 7.47. The molecule has 0 aromatic carbocycles. The van der Waals surface area contributed by atoms with Crippen molar-refractivity contribution in [3.05, 3.63) is 85.1 Å². The maximum atomic E-state index is 13.6. The molecule has 0 saturated carbocycles. The van der Waals surface area contributed by atoms with Crippen molar-refractivity contribution in [2.45, 2.75) is 315 Å². The van der Waals surface area contributed by atoms with Gasteiger partial charge in [-0.1, -0.05) is 292 Å². The molecular weight excluding hydrogens is 1020 g/mol. The van der Waals surface area contributed by atoms with Crippen molar-refractivity contribution in [3.63, 3.8) is 0 Å². The number of nitrogens with one attached hydrogen (secondary N) is 1. The molecule has 81 heavy (non-hydrogen) atoms. The molecule has 0 aliphatic carbocycles. The zero-order valence-corrected chi connectivity index (χ0v) is 54.7. The minimum absolute atomic E-state index is 0.0374. The summed E-state index contributed by atoms with van der Waals surface area (Å²) in [7, 11) is 1.49. The maximum Gasteiger partial charge on any atom is 0.472 e. The first kappa shape index (κ1) is 78.2. The van der Waals surface area contributed by atoms with Gasteiger partial charge in [-0.15, -0.1) is 0 Å². The quantitative estimate of drug-likeness (QED) is 0.0205. The summed E-state index contributed by atoms with van der Waals surface area (Å²) >= 11 is 0. The molecule has 0 aromatic rings. The second-order valence-corrected chi connectivity index (χ2v) is 25.4. The van der Waals surface area contributed by atoms with Crippen LogP contribution in [0.2, 0.25) is 0 Å². The number of hydrogen-bond donors (Lipinski definition) is 2. The number of phosphoric acid groups is 1. The van der Waals surface area contributed by atoms with Crippen molar-refractivity contribution in [1.82, 2.24) is 5.32 Å². The van der Waals surface area contributed by atoms with Crippen LogP contribution in [0.4, 0.5) is 0 Å². The van der Waals surface area contributed by atoms with Crippen LogP contribution in [0, 0.1) is 0 Å². The summed E-state index contributed by atoms with van der Waals surface area (Å²) in [6, 6.07) is -0.853. The Morgan fingerprint density at radius 1 is 0.444 bits per heavy atom. The van der Waals surface area contributed by atoms with Gasteiger partial charge in [-0.2, -0.15) is 0 Å². The summed E-state index contributed by atoms with van der Waals surface area (Å²) < 4.78 is 30.8. The van der Waals surface area contributed by atoms with E-state index in [-0.39, 0.29) is 31.5 Å². The predicted octanol–water partition coefficient (Wildman–Crippen LogP) is 21.3. The van der Waals surface area contributed by atoms with Gasteiger partial charge in [-0.05, 0) is 83.1 Å². The summed E-state index contributed by atoms with van der Waals surface area (Å²) in [6.45, 7) is 6.91. The standard InChI is InChI=1S/C71H129N2O7P/c1-7-10-13-16-19-22-25-27-29-31-32-33-34-35-36-37-38-39-40-42-44-46-49-52-55-58-61-64-71(75)80-69(62-59-56-53-50-47-24-21-18-15-12-9-3)68(67-79-81(76,77)78-66-65-73(4,5)6)72-70(74)63-60-57-54-51-48-45-43-41-30-28-26-23-20-17-14-11-8-2/h10,13,19,22,27,29,32-33,35-36,38-39,59,62,68-69H,7-9,11-12,14-18,20-21,23-26,28,30-31,34,37,40-58,60-61,63-67H2,1-6H3,(H-,72,74,76,77)/p+1/b13-10-,22-19-,29-27-,33-32-,36-35-,39-38-,62-59+. The van der Waals surface area contributed by atoms with E-state index in [9.17, 15) is 19.0 Å². The van der Waals surface area contributed by atoms with E-state index in [4.69, 9.17) is 13.8 Å². The maximum absolute atomic E-state index is 13.6. The molecule has 3 atom stereocenters. The van der Waals surface area contributed by atoms with Crippen LogP contribution < -0.4 is 5.32 Å². The second-order valence-electron chi connectivity index (χ2n) is 24.0. The van der Waals surface area contributed by atoms with Gasteiger partial charge in [0.1, 0.15) is 19.3 Å². The van der Waals surface area contributed by atoms with Crippen LogP contribution in [0.1, 0.15) is 303 Å². The lowest BCUT2D eigenvalue weighted by atomic mass is 10.0. The normalized spacial score (nSPS) is 14.1. The molecule has 0 saturated heterocycles. The lowest BCUT2D eigenvalue weighted by Gasteiger charge is -2.27. The molecule has 3 unspecified atom stereocenters. The third-order valence-corrected chi connectivity index (χ3v) is 15.8. The van der Waals surface area contributed by atoms with Crippen molar-refractivity contribution in [3.8, 4) is 0 Å². The molecule has 2 N–H and O–H groups in total. The number of quaternary nitrogens is 1. The molecule has 0 radical (unpaired) electrons. The van der Waals surface area contributed by atoms with E-state index in [1.807, 2.05) is 33.3 Å². The highest BCUT2D eigenvalue weighted by Gasteiger charge is 2.30. The summed E-state index contributed by atoms with van der Waals surface area (Å²) in [5, 5.41) is 3.06. The van der Waals surface area contributed by atoms with Crippen LogP contribution in [-0.2, 0) is 27.9 Å². The minimum atomic E-state index is -4.45. The summed E-state index contributed by atoms with van der Waals surface area (Å²) in [4.78, 5) is 37.8. The Kier molecular flexibility index (Phi) is 58.2. The van der Waals surface area contributed by atoms with E-state index >= 15 is 0 Å². The van der Waals surface area contributed by atoms with Gasteiger partial charge < -0.3 is 19.4 Å². The molecule has 0 aromatic heterocycles. The fraction of sp³-hybridized carbons (Fsp3) is 0.775. The molecule has 0 spiro atoms. The Hall–Kier alpha value is -2.81. The van der Waals surface area contributed by atoms with Crippen LogP contribution in [0.3, 0.4) is 0 Å². The van der Waals surface area contributed by atoms with E-state index in [1.54, 1.807) is 0 Å². The van der Waals surface area contributed by atoms with Crippen LogP contribution in [0.25, 0.3) is 0 Å². The van der Waals surface area contributed by atoms with Crippen molar-refractivity contribution in [2.24, 2.45) is 0 Å². The van der Waals surface area contributed by atoms with Gasteiger partial charge in [-0.25, -0.2) is 4.57 Å². The smallest absolute Gasteiger partial charge is 0.456 e. The second kappa shape index (κ2) is 60.3. The number of phosphoric ester groups is 1. The van der Waals surface area contributed by atoms with Crippen LogP contribution in [0.5, 0.6) is 0 Å². The average molecular weight is 1150 g/mol. The molecule has 10 heteroatoms. The molecule has 0 heterocycles. The number of ether oxygens (including phenoxy) is 1. The Morgan fingerprint density at radius 3 is 1.19 bits per heavy atom. The average Bonchev–Trinajstić information content (AvgIpc) is 3.44. The highest BCUT2D eigenvalue weighted by Crippen LogP contribution is 2.43. The molecule has 0 aliphatic heterocycles. The van der Waals surface area contributed by atoms with E-state index in [1.165, 1.54) is 161 Å². The van der Waals surface area contributed by atoms with Crippen molar-refractivity contribution in [2.75, 3.05) is 40.9 Å². The number of esters is 1. The van der Waals surface area contributed by atoms with E-state index in [2.05, 4.69) is 99.0 Å². The van der Waals surface area contributed by atoms with Gasteiger partial charge in [-0.3, -0.25) is 18.6 Å². The molecule has 0 aliphatic rings. The number of allylic oxidation sites excluding steroid dienone is 13. The first-order chi connectivity index (χ1) is 39.4. The van der Waals surface area contributed by atoms with Gasteiger partial charge in [0.25, 0.3) is 0 Å². The van der Waals surface area contributed by atoms with E-state index < -0.39 is 20.0 Å². The monoisotopic (exact) mass is 1150 g/mol. The Morgan fingerprint density at radius 2 is 0.790 bits per heavy atom. The summed E-state index contributed by atoms with van der Waals surface area (Å²) in [5.74, 6) is -0.508. The minimum Gasteiger partial charge on any atom is -0.456 e. The fourth-order valence-corrected chi connectivity index (χ4v) is 10.4. The fourth-order valence-electron chi connectivity index (χ4n) is 9.65. The third kappa shape index (κ3) is 61.6. The Bertz CT molecular complexity index is 1660. The Labute approximate surface area is 501 Å². The van der Waals surface area contributed by atoms with Crippen molar-refractivity contribution < 1.29 is 37.3 Å². The molecule has 0 bridgehead atoms. The zero-order chi connectivity index (χ0) is 59.3. The lowest BCUT2D eigenvalue weighted by molar-refractivity contribution is -0.870. The number of rotatable bonds is 61. The number of carbonyl (C=O) groups is 2. The SMILES string of the molecule is CC/C=C\C/C=C\C/C=C\C/C=C\C/C=C\C/C=C\CCCCCCCCCCC(=O)OC(/C=C/CCCCCCCCCCC)C(COP(=O)(O)OCC[N+](C)(C)C)NC(=O)CCCCCCCCCCCCCCCCCCC. The number of unbranched alkanes of at least 4 members (excludes halogenated alkanes) is 33. The summed E-state index contributed by atoms with van der Waals surface area (Å²) in [5.41, 5.74) is 0. The van der Waals surface area contributed by atoms with Gasteiger partial charge >= 0.3 is 13.8 Å². The molecule has 0 fully saturated rings. The largest absolute Gasteiger partial charge is 0.472 e. The highest BCUT2D eigenvalue weighted by atomic mass is 31.2. The number of amides is 1. The third-order valence-electron chi connectivity index (χ3n) is 14.8. The number of carbonyl (C=O) groups excluding carboxylic acids is 2. The van der Waals surface area contributed by atoms with Gasteiger partial charge in [0.2, 0.25) is 5.91 Å². The van der Waals surface area contributed by atoms with Crippen LogP contribution in [0.15, 0.2) is 85.1 Å². The number of likely N-dealkylation sites (N-methyl/N-ethyl adjacent to an activating group) is 1. The predicted molar refractivity (Wildman–Crippen MR) is 351 cm³/mol. The molecule has 9 nitrogen and oxygen atoms in total. The summed E-state index contributed by atoms with van der Waals surface area (Å²) in [6.07, 6.45) is 80.1. The van der Waals surface area contributed by atoms with E-state index in [0.29, 0.717) is 17.4 Å². The van der Waals surface area contributed by atoms with Crippen molar-refractivity contribution in [1.29, 1.82) is 0 Å². The van der Waals surface area contributed by atoms with E-state index in [0.717, 1.165) is 109 Å². The van der Waals surface area contributed by atoms with Crippen LogP contribution in [-0.4, -0.2) is 74.3 Å². The topological polar surface area (TPSA) is 111 Å². The molecule has 470 valence electrons. The molecular formula is C71H130N2O7P+. The van der Waals surface area contributed by atoms with Gasteiger partial charge in [0.15, 0.2) is 0 Å². The van der Waals surface area contributed by atoms with Gasteiger partial charge in [0, 0.05) is 12.8 Å². The first-order valence-electron chi connectivity index (χ1n) is 33.9. The van der Waals surface area contributed by atoms with Gasteiger partial charge in [0.05, 0.1) is 33.8 Å². The van der Waals surface area contributed by atoms with Crippen LogP contribution >= 0.6 is 7.82 Å². The molecule has 0 rings (SSSR count).